The molecule has 0 bridgehead atoms. The first-order valence-corrected chi connectivity index (χ1v) is 14.0. The Labute approximate surface area is 219 Å². The van der Waals surface area contributed by atoms with Crippen LogP contribution >= 0.6 is 0 Å². The molecule has 0 amide bonds. The molecule has 0 radical (unpaired) electrons. The fourth-order valence-corrected chi connectivity index (χ4v) is 3.78. The maximum Gasteiger partial charge on any atom is 0.323 e. The number of Topliss-reactive ketones (excluding diaryl/α,β-unsaturated/α-hetero) is 2. The molecule has 0 aromatic carbocycles. The second kappa shape index (κ2) is 18.5. The van der Waals surface area contributed by atoms with E-state index in [-0.39, 0.29) is 31.0 Å². The molecule has 0 aliphatic heterocycles. The predicted molar refractivity (Wildman–Crippen MR) is 144 cm³/mol. The normalized spacial score (nSPS) is 12.8. The van der Waals surface area contributed by atoms with Crippen LogP contribution in [0.1, 0.15) is 144 Å². The summed E-state index contributed by atoms with van der Waals surface area (Å²) >= 11 is 0. The van der Waals surface area contributed by atoms with Crippen LogP contribution in [0.4, 0.5) is 0 Å². The van der Waals surface area contributed by atoms with Gasteiger partial charge >= 0.3 is 11.9 Å². The van der Waals surface area contributed by atoms with Crippen molar-refractivity contribution in [2.75, 3.05) is 0 Å². The number of hydrogen-bond donors (Lipinski definition) is 1. The summed E-state index contributed by atoms with van der Waals surface area (Å²) in [4.78, 5) is 47.5. The maximum atomic E-state index is 12.0. The highest BCUT2D eigenvalue weighted by Crippen LogP contribution is 2.15. The summed E-state index contributed by atoms with van der Waals surface area (Å²) in [5.41, 5.74) is 4.75. The van der Waals surface area contributed by atoms with E-state index in [1.165, 1.54) is 38.5 Å². The molecular weight excluding hydrogens is 458 g/mol. The Morgan fingerprint density at radius 3 is 1.33 bits per heavy atom. The first kappa shape index (κ1) is 34.2. The van der Waals surface area contributed by atoms with Gasteiger partial charge in [-0.15, -0.1) is 0 Å². The van der Waals surface area contributed by atoms with Crippen molar-refractivity contribution in [1.82, 2.24) is 0 Å². The van der Waals surface area contributed by atoms with Gasteiger partial charge in [0.2, 0.25) is 0 Å². The van der Waals surface area contributed by atoms with E-state index in [1.54, 1.807) is 20.8 Å². The lowest BCUT2D eigenvalue weighted by molar-refractivity contribution is -0.157. The number of carbonyl (C=O) groups excluding carboxylic acids is 4. The van der Waals surface area contributed by atoms with E-state index >= 15 is 0 Å². The Kier molecular flexibility index (Phi) is 17.6. The van der Waals surface area contributed by atoms with Crippen molar-refractivity contribution in [1.29, 1.82) is 0 Å². The number of ether oxygens (including phenoxy) is 2. The summed E-state index contributed by atoms with van der Waals surface area (Å²) in [7, 11) is 0. The van der Waals surface area contributed by atoms with Gasteiger partial charge in [0.05, 0.1) is 0 Å². The predicted octanol–water partition coefficient (Wildman–Crippen LogP) is 6.38. The summed E-state index contributed by atoms with van der Waals surface area (Å²) in [6.45, 7) is 11.0. The van der Waals surface area contributed by atoms with E-state index in [0.29, 0.717) is 6.42 Å². The standard InChI is InChI=1S/C29H53NO6/c1-28(2,3)35-26(33)20-18-16-14-12-10-8-7-9-11-13-15-17-19-24(31)25(32)22-21-23(30)27(34)36-29(4,5)6/h23H,7-22,30H2,1-6H3/t23-/m0/s1. The molecule has 0 heterocycles. The third kappa shape index (κ3) is 21.5. The number of rotatable bonds is 20. The molecule has 0 rings (SSSR count). The highest BCUT2D eigenvalue weighted by Gasteiger charge is 2.24. The van der Waals surface area contributed by atoms with Gasteiger partial charge in [-0.3, -0.25) is 19.2 Å². The minimum atomic E-state index is -0.884. The highest BCUT2D eigenvalue weighted by molar-refractivity contribution is 6.37. The van der Waals surface area contributed by atoms with Crippen molar-refractivity contribution in [2.24, 2.45) is 5.73 Å². The number of esters is 2. The average molecular weight is 512 g/mol. The molecule has 210 valence electrons. The Morgan fingerprint density at radius 2 is 0.917 bits per heavy atom. The van der Waals surface area contributed by atoms with Gasteiger partial charge in [0.25, 0.3) is 0 Å². The minimum Gasteiger partial charge on any atom is -0.460 e. The molecule has 7 nitrogen and oxygen atoms in total. The Morgan fingerprint density at radius 1 is 0.556 bits per heavy atom. The molecule has 0 unspecified atom stereocenters. The van der Waals surface area contributed by atoms with Crippen LogP contribution in [0.15, 0.2) is 0 Å². The van der Waals surface area contributed by atoms with Crippen molar-refractivity contribution in [3.63, 3.8) is 0 Å². The second-order valence-corrected chi connectivity index (χ2v) is 11.9. The number of carbonyl (C=O) groups is 4. The smallest absolute Gasteiger partial charge is 0.323 e. The average Bonchev–Trinajstić information content (AvgIpc) is 2.74. The second-order valence-electron chi connectivity index (χ2n) is 11.9. The summed E-state index contributed by atoms with van der Waals surface area (Å²) in [6.07, 6.45) is 14.1. The van der Waals surface area contributed by atoms with Gasteiger partial charge in [0.1, 0.15) is 17.2 Å². The molecule has 36 heavy (non-hydrogen) atoms. The van der Waals surface area contributed by atoms with Gasteiger partial charge in [-0.25, -0.2) is 0 Å². The quantitative estimate of drug-likeness (QED) is 0.115. The van der Waals surface area contributed by atoms with E-state index in [9.17, 15) is 19.2 Å². The Balaban J connectivity index is 3.57. The van der Waals surface area contributed by atoms with E-state index in [0.717, 1.165) is 38.5 Å². The van der Waals surface area contributed by atoms with Gasteiger partial charge in [0.15, 0.2) is 11.6 Å². The number of ketones is 2. The third-order valence-corrected chi connectivity index (χ3v) is 5.66. The fourth-order valence-electron chi connectivity index (χ4n) is 3.78. The molecule has 0 aliphatic carbocycles. The number of unbranched alkanes of at least 4 members (excludes halogenated alkanes) is 11. The Bertz CT molecular complexity index is 660. The fraction of sp³-hybridized carbons (Fsp3) is 0.862. The summed E-state index contributed by atoms with van der Waals surface area (Å²) in [6, 6.07) is -0.884. The van der Waals surface area contributed by atoms with Gasteiger partial charge < -0.3 is 15.2 Å². The van der Waals surface area contributed by atoms with Crippen LogP contribution < -0.4 is 5.73 Å². The van der Waals surface area contributed by atoms with Crippen LogP contribution in [0.2, 0.25) is 0 Å². The summed E-state index contributed by atoms with van der Waals surface area (Å²) in [5.74, 6) is -1.45. The summed E-state index contributed by atoms with van der Waals surface area (Å²) < 4.78 is 10.5. The molecule has 2 N–H and O–H groups in total. The van der Waals surface area contributed by atoms with E-state index in [1.807, 2.05) is 20.8 Å². The third-order valence-electron chi connectivity index (χ3n) is 5.66. The molecule has 0 aliphatic rings. The first-order chi connectivity index (χ1) is 16.7. The van der Waals surface area contributed by atoms with Crippen LogP contribution in [0.3, 0.4) is 0 Å². The van der Waals surface area contributed by atoms with Crippen molar-refractivity contribution >= 4 is 23.5 Å². The SMILES string of the molecule is CC(C)(C)OC(=O)CCCCCCCCCCCCCCC(=O)C(=O)CC[C@H](N)C(=O)OC(C)(C)C. The number of nitrogens with two attached hydrogens (primary N) is 1. The zero-order valence-electron chi connectivity index (χ0n) is 23.9. The van der Waals surface area contributed by atoms with Crippen molar-refractivity contribution in [3.05, 3.63) is 0 Å². The summed E-state index contributed by atoms with van der Waals surface area (Å²) in [5, 5.41) is 0. The van der Waals surface area contributed by atoms with Gasteiger partial charge in [-0.2, -0.15) is 0 Å². The topological polar surface area (TPSA) is 113 Å². The molecule has 0 aromatic heterocycles. The molecule has 0 saturated heterocycles. The molecule has 7 heteroatoms. The Hall–Kier alpha value is -1.76. The van der Waals surface area contributed by atoms with Crippen LogP contribution in [-0.4, -0.2) is 40.7 Å². The van der Waals surface area contributed by atoms with Gasteiger partial charge in [-0.05, 0) is 60.8 Å². The van der Waals surface area contributed by atoms with Crippen LogP contribution in [-0.2, 0) is 28.7 Å². The van der Waals surface area contributed by atoms with E-state index in [2.05, 4.69) is 0 Å². The monoisotopic (exact) mass is 511 g/mol. The highest BCUT2D eigenvalue weighted by atomic mass is 16.6. The van der Waals surface area contributed by atoms with Crippen molar-refractivity contribution in [3.8, 4) is 0 Å². The molecule has 0 fully saturated rings. The van der Waals surface area contributed by atoms with Gasteiger partial charge in [0, 0.05) is 19.3 Å². The lowest BCUT2D eigenvalue weighted by Crippen LogP contribution is -2.38. The lowest BCUT2D eigenvalue weighted by Gasteiger charge is -2.21. The molecule has 0 aromatic rings. The van der Waals surface area contributed by atoms with Crippen LogP contribution in [0.25, 0.3) is 0 Å². The van der Waals surface area contributed by atoms with Crippen LogP contribution in [0.5, 0.6) is 0 Å². The first-order valence-electron chi connectivity index (χ1n) is 14.0. The lowest BCUT2D eigenvalue weighted by atomic mass is 10.0. The van der Waals surface area contributed by atoms with Crippen LogP contribution in [0, 0.1) is 0 Å². The maximum absolute atomic E-state index is 12.0. The molecule has 0 saturated carbocycles. The zero-order chi connectivity index (χ0) is 27.6. The van der Waals surface area contributed by atoms with E-state index in [4.69, 9.17) is 15.2 Å². The zero-order valence-corrected chi connectivity index (χ0v) is 23.9. The minimum absolute atomic E-state index is 0.0109. The van der Waals surface area contributed by atoms with E-state index < -0.39 is 29.0 Å². The molecule has 0 spiro atoms. The molecular formula is C29H53NO6. The van der Waals surface area contributed by atoms with Gasteiger partial charge in [-0.1, -0.05) is 64.2 Å². The van der Waals surface area contributed by atoms with Crippen molar-refractivity contribution in [2.45, 2.75) is 162 Å². The largest absolute Gasteiger partial charge is 0.460 e. The molecule has 1 atom stereocenters. The van der Waals surface area contributed by atoms with Crippen molar-refractivity contribution < 1.29 is 28.7 Å². The number of hydrogen-bond acceptors (Lipinski definition) is 7.